The Bertz CT molecular complexity index is 646. The fourth-order valence-corrected chi connectivity index (χ4v) is 1.93. The summed E-state index contributed by atoms with van der Waals surface area (Å²) in [4.78, 5) is 0. The molecule has 0 aliphatic carbocycles. The van der Waals surface area contributed by atoms with Crippen LogP contribution in [0.3, 0.4) is 0 Å². The summed E-state index contributed by atoms with van der Waals surface area (Å²) in [7, 11) is 3.09. The number of aliphatic hydroxyl groups excluding tert-OH is 1. The van der Waals surface area contributed by atoms with Gasteiger partial charge in [0.15, 0.2) is 11.5 Å². The maximum Gasteiger partial charge on any atom is 0.161 e. The maximum atomic E-state index is 9.33. The molecule has 1 N–H and O–H groups in total. The zero-order valence-electron chi connectivity index (χ0n) is 11.2. The van der Waals surface area contributed by atoms with Crippen molar-refractivity contribution in [3.8, 4) is 28.8 Å². The monoisotopic (exact) mass is 274 g/mol. The van der Waals surface area contributed by atoms with Crippen LogP contribution in [0, 0.1) is 11.3 Å². The van der Waals surface area contributed by atoms with Crippen molar-refractivity contribution < 1.29 is 14.6 Å². The molecule has 7 heteroatoms. The Morgan fingerprint density at radius 1 is 1.30 bits per heavy atom. The summed E-state index contributed by atoms with van der Waals surface area (Å²) in [6, 6.07) is 7.31. The Morgan fingerprint density at radius 2 is 2.05 bits per heavy atom. The Morgan fingerprint density at radius 3 is 2.65 bits per heavy atom. The highest BCUT2D eigenvalue weighted by Gasteiger charge is 2.16. The molecule has 0 atom stereocenters. The minimum atomic E-state index is -0.255. The van der Waals surface area contributed by atoms with Gasteiger partial charge in [-0.15, -0.1) is 5.10 Å². The molecule has 1 aromatic heterocycles. The van der Waals surface area contributed by atoms with Gasteiger partial charge >= 0.3 is 0 Å². The van der Waals surface area contributed by atoms with Crippen LogP contribution in [-0.2, 0) is 13.2 Å². The van der Waals surface area contributed by atoms with Gasteiger partial charge in [0, 0.05) is 5.56 Å². The molecule has 0 radical (unpaired) electrons. The number of hydrogen-bond donors (Lipinski definition) is 1. The number of aliphatic hydroxyl groups is 1. The zero-order valence-corrected chi connectivity index (χ0v) is 11.2. The molecule has 0 aliphatic heterocycles. The standard InChI is InChI=1S/C13H14N4O3/c1-19-11-4-3-9(7-12(11)20-2)13-10(8-18)15-16-17(13)6-5-14/h3-4,7,18H,6,8H2,1-2H3. The van der Waals surface area contributed by atoms with Crippen molar-refractivity contribution in [2.24, 2.45) is 0 Å². The van der Waals surface area contributed by atoms with Crippen molar-refractivity contribution in [3.05, 3.63) is 23.9 Å². The minimum absolute atomic E-state index is 0.0523. The summed E-state index contributed by atoms with van der Waals surface area (Å²) in [5.41, 5.74) is 1.74. The van der Waals surface area contributed by atoms with Gasteiger partial charge in [-0.3, -0.25) is 0 Å². The van der Waals surface area contributed by atoms with Gasteiger partial charge in [-0.2, -0.15) is 5.26 Å². The molecule has 0 saturated carbocycles. The molecule has 20 heavy (non-hydrogen) atoms. The van der Waals surface area contributed by atoms with E-state index in [9.17, 15) is 5.11 Å². The van der Waals surface area contributed by atoms with Crippen LogP contribution in [-0.4, -0.2) is 34.3 Å². The number of aromatic nitrogens is 3. The van der Waals surface area contributed by atoms with Gasteiger partial charge in [0.05, 0.1) is 32.6 Å². The lowest BCUT2D eigenvalue weighted by Gasteiger charge is -2.10. The van der Waals surface area contributed by atoms with Gasteiger partial charge in [-0.1, -0.05) is 5.21 Å². The lowest BCUT2D eigenvalue weighted by Crippen LogP contribution is -2.02. The number of ether oxygens (including phenoxy) is 2. The van der Waals surface area contributed by atoms with Crippen LogP contribution in [0.25, 0.3) is 11.3 Å². The van der Waals surface area contributed by atoms with E-state index in [-0.39, 0.29) is 13.2 Å². The van der Waals surface area contributed by atoms with Crippen LogP contribution in [0.1, 0.15) is 5.69 Å². The van der Waals surface area contributed by atoms with Crippen molar-refractivity contribution in [1.82, 2.24) is 15.0 Å². The van der Waals surface area contributed by atoms with E-state index < -0.39 is 0 Å². The second-order valence-corrected chi connectivity index (χ2v) is 3.93. The fourth-order valence-electron chi connectivity index (χ4n) is 1.93. The predicted molar refractivity (Wildman–Crippen MR) is 70.1 cm³/mol. The minimum Gasteiger partial charge on any atom is -0.493 e. The van der Waals surface area contributed by atoms with Crippen molar-refractivity contribution in [2.45, 2.75) is 13.2 Å². The van der Waals surface area contributed by atoms with Gasteiger partial charge in [0.2, 0.25) is 0 Å². The Balaban J connectivity index is 2.56. The van der Waals surface area contributed by atoms with Gasteiger partial charge in [0.25, 0.3) is 0 Å². The molecule has 0 bridgehead atoms. The van der Waals surface area contributed by atoms with Crippen LogP contribution in [0.5, 0.6) is 11.5 Å². The molecule has 0 saturated heterocycles. The first-order chi connectivity index (χ1) is 9.74. The van der Waals surface area contributed by atoms with E-state index in [1.807, 2.05) is 6.07 Å². The zero-order chi connectivity index (χ0) is 14.5. The second kappa shape index (κ2) is 6.04. The van der Waals surface area contributed by atoms with Crippen molar-refractivity contribution in [2.75, 3.05) is 14.2 Å². The summed E-state index contributed by atoms with van der Waals surface area (Å²) < 4.78 is 11.9. The van der Waals surface area contributed by atoms with Gasteiger partial charge in [0.1, 0.15) is 12.2 Å². The van der Waals surface area contributed by atoms with Crippen LogP contribution in [0.4, 0.5) is 0 Å². The summed E-state index contributed by atoms with van der Waals surface area (Å²) in [5.74, 6) is 1.15. The molecule has 0 unspecified atom stereocenters. The maximum absolute atomic E-state index is 9.33. The van der Waals surface area contributed by atoms with E-state index in [1.165, 1.54) is 4.68 Å². The van der Waals surface area contributed by atoms with Crippen LogP contribution in [0.2, 0.25) is 0 Å². The molecule has 7 nitrogen and oxygen atoms in total. The number of methoxy groups -OCH3 is 2. The third-order valence-corrected chi connectivity index (χ3v) is 2.83. The smallest absolute Gasteiger partial charge is 0.161 e. The third kappa shape index (κ3) is 2.41. The largest absolute Gasteiger partial charge is 0.493 e. The Kier molecular flexibility index (Phi) is 4.17. The molecule has 104 valence electrons. The summed E-state index contributed by atoms with van der Waals surface area (Å²) in [6.07, 6.45) is 0. The molecule has 2 aromatic rings. The van der Waals surface area contributed by atoms with Gasteiger partial charge in [-0.05, 0) is 18.2 Å². The third-order valence-electron chi connectivity index (χ3n) is 2.83. The van der Waals surface area contributed by atoms with E-state index in [4.69, 9.17) is 14.7 Å². The van der Waals surface area contributed by atoms with Crippen LogP contribution in [0.15, 0.2) is 18.2 Å². The van der Waals surface area contributed by atoms with E-state index in [1.54, 1.807) is 32.4 Å². The average Bonchev–Trinajstić information content (AvgIpc) is 2.89. The number of benzene rings is 1. The quantitative estimate of drug-likeness (QED) is 0.873. The first kappa shape index (κ1) is 13.8. The SMILES string of the molecule is COc1ccc(-c2c(CO)nnn2CC#N)cc1OC. The fraction of sp³-hybridized carbons (Fsp3) is 0.308. The van der Waals surface area contributed by atoms with E-state index >= 15 is 0 Å². The molecule has 0 fully saturated rings. The molecule has 1 heterocycles. The van der Waals surface area contributed by atoms with Gasteiger partial charge in [-0.25, -0.2) is 4.68 Å². The molecule has 0 amide bonds. The summed E-state index contributed by atoms with van der Waals surface area (Å²) in [6.45, 7) is -0.203. The number of rotatable bonds is 5. The topological polar surface area (TPSA) is 93.2 Å². The molecule has 0 aliphatic rings. The average molecular weight is 274 g/mol. The normalized spacial score (nSPS) is 10.1. The highest BCUT2D eigenvalue weighted by atomic mass is 16.5. The Hall–Kier alpha value is -2.59. The van der Waals surface area contributed by atoms with E-state index in [0.29, 0.717) is 22.9 Å². The number of nitrogens with zero attached hydrogens (tertiary/aromatic N) is 4. The molecular weight excluding hydrogens is 260 g/mol. The van der Waals surface area contributed by atoms with Crippen LogP contribution < -0.4 is 9.47 Å². The molecule has 2 rings (SSSR count). The molecule has 0 spiro atoms. The molecule has 1 aromatic carbocycles. The lowest BCUT2D eigenvalue weighted by atomic mass is 10.1. The predicted octanol–water partition coefficient (Wildman–Crippen LogP) is 0.978. The molecular formula is C13H14N4O3. The first-order valence-electron chi connectivity index (χ1n) is 5.87. The van der Waals surface area contributed by atoms with Crippen molar-refractivity contribution in [3.63, 3.8) is 0 Å². The van der Waals surface area contributed by atoms with E-state index in [0.717, 1.165) is 5.56 Å². The van der Waals surface area contributed by atoms with Crippen molar-refractivity contribution >= 4 is 0 Å². The number of hydrogen-bond acceptors (Lipinski definition) is 6. The Labute approximate surface area is 116 Å². The first-order valence-corrected chi connectivity index (χ1v) is 5.87. The van der Waals surface area contributed by atoms with Gasteiger partial charge < -0.3 is 14.6 Å². The second-order valence-electron chi connectivity index (χ2n) is 3.93. The van der Waals surface area contributed by atoms with Crippen molar-refractivity contribution in [1.29, 1.82) is 5.26 Å². The highest BCUT2D eigenvalue weighted by Crippen LogP contribution is 2.33. The number of nitriles is 1. The lowest BCUT2D eigenvalue weighted by molar-refractivity contribution is 0.277. The van der Waals surface area contributed by atoms with Crippen LogP contribution >= 0.6 is 0 Å². The highest BCUT2D eigenvalue weighted by molar-refractivity contribution is 5.66. The van der Waals surface area contributed by atoms with E-state index in [2.05, 4.69) is 10.3 Å². The summed E-state index contributed by atoms with van der Waals surface area (Å²) >= 11 is 0. The summed E-state index contributed by atoms with van der Waals surface area (Å²) in [5, 5.41) is 25.9.